The van der Waals surface area contributed by atoms with Gasteiger partial charge >= 0.3 is 11.9 Å². The number of unbranched alkanes of at least 4 members (excludes halogenated alkanes) is 4. The standard InChI is InChI=1S/C23H31ClO5/c1-4-5-6-7-10-13-16-23(29-18(2)25)17-20(24)22(27)19(23)14-11-8-9-12-15-21(26)28-3/h8,10-11,13-14,17H,4-7,9,12,15-16H2,1-3H3/b11-8-,13-10-,19-14-/t23-/m1/s1. The first-order valence-electron chi connectivity index (χ1n) is 10.1. The largest absolute Gasteiger partial charge is 0.469 e. The Balaban J connectivity index is 2.90. The van der Waals surface area contributed by atoms with Crippen molar-refractivity contribution in [2.75, 3.05) is 7.11 Å². The van der Waals surface area contributed by atoms with Crippen LogP contribution in [0, 0.1) is 0 Å². The number of Topliss-reactive ketones (excluding diaryl/α,β-unsaturated/α-hetero) is 1. The van der Waals surface area contributed by atoms with Gasteiger partial charge in [0.15, 0.2) is 5.60 Å². The fraction of sp³-hybridized carbons (Fsp3) is 0.522. The van der Waals surface area contributed by atoms with Gasteiger partial charge in [-0.3, -0.25) is 14.4 Å². The predicted molar refractivity (Wildman–Crippen MR) is 114 cm³/mol. The van der Waals surface area contributed by atoms with Crippen molar-refractivity contribution < 1.29 is 23.9 Å². The van der Waals surface area contributed by atoms with Crippen molar-refractivity contribution in [3.63, 3.8) is 0 Å². The van der Waals surface area contributed by atoms with Crippen LogP contribution in [0.25, 0.3) is 0 Å². The van der Waals surface area contributed by atoms with Gasteiger partial charge in [0.1, 0.15) is 0 Å². The lowest BCUT2D eigenvalue weighted by Gasteiger charge is -2.27. The third-order valence-corrected chi connectivity index (χ3v) is 4.82. The van der Waals surface area contributed by atoms with Crippen LogP contribution in [0.1, 0.15) is 65.2 Å². The van der Waals surface area contributed by atoms with Crippen LogP contribution in [0.2, 0.25) is 0 Å². The molecule has 29 heavy (non-hydrogen) atoms. The molecule has 0 aromatic carbocycles. The van der Waals surface area contributed by atoms with Crippen LogP contribution in [-0.2, 0) is 23.9 Å². The highest BCUT2D eigenvalue weighted by Gasteiger charge is 2.44. The van der Waals surface area contributed by atoms with Crippen LogP contribution in [0.3, 0.4) is 0 Å². The SMILES string of the molecule is CCCCC/C=C\C[C@@]1(OC(C)=O)C=C(Cl)C(=O)/C1=C/C=C\CCCC(=O)OC. The molecule has 0 amide bonds. The second-order valence-corrected chi connectivity index (χ2v) is 7.36. The molecule has 0 aromatic heterocycles. The summed E-state index contributed by atoms with van der Waals surface area (Å²) in [5, 5.41) is 0.0518. The molecule has 1 aliphatic carbocycles. The fourth-order valence-corrected chi connectivity index (χ4v) is 3.33. The Hall–Kier alpha value is -2.14. The fourth-order valence-electron chi connectivity index (χ4n) is 3.05. The Bertz CT molecular complexity index is 702. The molecule has 160 valence electrons. The molecule has 0 bridgehead atoms. The van der Waals surface area contributed by atoms with Gasteiger partial charge < -0.3 is 9.47 Å². The van der Waals surface area contributed by atoms with E-state index < -0.39 is 11.6 Å². The second kappa shape index (κ2) is 13.2. The summed E-state index contributed by atoms with van der Waals surface area (Å²) < 4.78 is 10.2. The molecule has 1 rings (SSSR count). The lowest BCUT2D eigenvalue weighted by molar-refractivity contribution is -0.149. The number of halogens is 1. The van der Waals surface area contributed by atoms with Gasteiger partial charge in [0.2, 0.25) is 5.78 Å². The van der Waals surface area contributed by atoms with Gasteiger partial charge in [-0.2, -0.15) is 0 Å². The summed E-state index contributed by atoms with van der Waals surface area (Å²) >= 11 is 6.10. The molecule has 1 atom stereocenters. The highest BCUT2D eigenvalue weighted by Crippen LogP contribution is 2.39. The molecule has 0 unspecified atom stereocenters. The molecule has 0 radical (unpaired) electrons. The Kier molecular flexibility index (Phi) is 11.3. The molecule has 0 spiro atoms. The van der Waals surface area contributed by atoms with Crippen molar-refractivity contribution in [3.8, 4) is 0 Å². The van der Waals surface area contributed by atoms with Gasteiger partial charge in [0.05, 0.1) is 12.1 Å². The highest BCUT2D eigenvalue weighted by atomic mass is 35.5. The van der Waals surface area contributed by atoms with Crippen LogP contribution >= 0.6 is 11.6 Å². The van der Waals surface area contributed by atoms with Gasteiger partial charge in [-0.1, -0.05) is 61.7 Å². The number of carbonyl (C=O) groups is 3. The molecule has 0 N–H and O–H groups in total. The lowest BCUT2D eigenvalue weighted by Crippen LogP contribution is -2.33. The number of allylic oxidation sites excluding steroid dienone is 5. The van der Waals surface area contributed by atoms with Crippen molar-refractivity contribution in [2.45, 2.75) is 70.8 Å². The summed E-state index contributed by atoms with van der Waals surface area (Å²) in [6.07, 6.45) is 17.1. The number of rotatable bonds is 12. The van der Waals surface area contributed by atoms with E-state index in [1.807, 2.05) is 18.2 Å². The number of ketones is 1. The van der Waals surface area contributed by atoms with Gasteiger partial charge in [-0.05, 0) is 31.8 Å². The molecule has 0 saturated heterocycles. The zero-order chi connectivity index (χ0) is 21.7. The minimum atomic E-state index is -1.18. The van der Waals surface area contributed by atoms with E-state index in [9.17, 15) is 14.4 Å². The Morgan fingerprint density at radius 2 is 1.86 bits per heavy atom. The summed E-state index contributed by atoms with van der Waals surface area (Å²) in [7, 11) is 1.36. The minimum absolute atomic E-state index is 0.0518. The maximum atomic E-state index is 12.5. The zero-order valence-corrected chi connectivity index (χ0v) is 18.3. The smallest absolute Gasteiger partial charge is 0.305 e. The van der Waals surface area contributed by atoms with Crippen LogP contribution in [0.4, 0.5) is 0 Å². The quantitative estimate of drug-likeness (QED) is 0.183. The second-order valence-electron chi connectivity index (χ2n) is 6.95. The molecular formula is C23H31ClO5. The summed E-state index contributed by atoms with van der Waals surface area (Å²) in [5.41, 5.74) is -0.849. The van der Waals surface area contributed by atoms with E-state index in [0.717, 1.165) is 25.7 Å². The van der Waals surface area contributed by atoms with Crippen LogP contribution in [0.5, 0.6) is 0 Å². The molecule has 0 aromatic rings. The third kappa shape index (κ3) is 8.40. The zero-order valence-electron chi connectivity index (χ0n) is 17.5. The molecule has 1 aliphatic rings. The lowest BCUT2D eigenvalue weighted by atomic mass is 9.91. The first-order chi connectivity index (χ1) is 13.9. The molecule has 0 fully saturated rings. The molecular weight excluding hydrogens is 392 g/mol. The van der Waals surface area contributed by atoms with Crippen molar-refractivity contribution in [3.05, 3.63) is 47.1 Å². The van der Waals surface area contributed by atoms with E-state index in [1.54, 1.807) is 12.2 Å². The molecule has 5 nitrogen and oxygen atoms in total. The van der Waals surface area contributed by atoms with Crippen LogP contribution in [-0.4, -0.2) is 30.4 Å². The van der Waals surface area contributed by atoms with Crippen LogP contribution < -0.4 is 0 Å². The molecule has 0 aliphatic heterocycles. The Labute approximate surface area is 178 Å². The maximum Gasteiger partial charge on any atom is 0.305 e. The minimum Gasteiger partial charge on any atom is -0.469 e. The first kappa shape index (κ1) is 24.9. The van der Waals surface area contributed by atoms with Crippen molar-refractivity contribution in [2.24, 2.45) is 0 Å². The first-order valence-corrected chi connectivity index (χ1v) is 10.5. The predicted octanol–water partition coefficient (Wildman–Crippen LogP) is 5.35. The number of ether oxygens (including phenoxy) is 2. The van der Waals surface area contributed by atoms with E-state index in [2.05, 4.69) is 11.7 Å². The van der Waals surface area contributed by atoms with Crippen LogP contribution in [0.15, 0.2) is 47.1 Å². The van der Waals surface area contributed by atoms with Crippen molar-refractivity contribution in [1.29, 1.82) is 0 Å². The van der Waals surface area contributed by atoms with Crippen molar-refractivity contribution >= 4 is 29.3 Å². The Morgan fingerprint density at radius 3 is 2.52 bits per heavy atom. The summed E-state index contributed by atoms with van der Waals surface area (Å²) in [5.74, 6) is -1.07. The highest BCUT2D eigenvalue weighted by molar-refractivity contribution is 6.46. The third-order valence-electron chi connectivity index (χ3n) is 4.54. The average molecular weight is 423 g/mol. The Morgan fingerprint density at radius 1 is 1.14 bits per heavy atom. The van der Waals surface area contributed by atoms with E-state index in [1.165, 1.54) is 20.1 Å². The number of hydrogen-bond acceptors (Lipinski definition) is 5. The maximum absolute atomic E-state index is 12.5. The molecule has 6 heteroatoms. The number of hydrogen-bond donors (Lipinski definition) is 0. The average Bonchev–Trinajstić information content (AvgIpc) is 2.90. The van der Waals surface area contributed by atoms with E-state index >= 15 is 0 Å². The topological polar surface area (TPSA) is 69.7 Å². The van der Waals surface area contributed by atoms with E-state index in [0.29, 0.717) is 31.3 Å². The number of esters is 2. The summed E-state index contributed by atoms with van der Waals surface area (Å²) in [6, 6.07) is 0. The molecule has 0 saturated carbocycles. The van der Waals surface area contributed by atoms with Gasteiger partial charge in [-0.25, -0.2) is 0 Å². The van der Waals surface area contributed by atoms with E-state index in [4.69, 9.17) is 16.3 Å². The monoisotopic (exact) mass is 422 g/mol. The summed E-state index contributed by atoms with van der Waals surface area (Å²) in [6.45, 7) is 3.47. The van der Waals surface area contributed by atoms with Gasteiger partial charge in [0.25, 0.3) is 0 Å². The number of methoxy groups -OCH3 is 1. The normalized spacial score (nSPS) is 20.6. The molecule has 0 heterocycles. The summed E-state index contributed by atoms with van der Waals surface area (Å²) in [4.78, 5) is 35.4. The van der Waals surface area contributed by atoms with Gasteiger partial charge in [0, 0.05) is 25.3 Å². The van der Waals surface area contributed by atoms with Crippen molar-refractivity contribution in [1.82, 2.24) is 0 Å². The van der Waals surface area contributed by atoms with Gasteiger partial charge in [-0.15, -0.1) is 0 Å². The van der Waals surface area contributed by atoms with E-state index in [-0.39, 0.29) is 16.8 Å². The number of carbonyl (C=O) groups excluding carboxylic acids is 3.